The number of hydrogen-bond acceptors (Lipinski definition) is 1. The van der Waals surface area contributed by atoms with Crippen molar-refractivity contribution in [3.63, 3.8) is 0 Å². The third kappa shape index (κ3) is 3.38. The van der Waals surface area contributed by atoms with E-state index in [0.29, 0.717) is 11.7 Å². The molecule has 0 heterocycles. The van der Waals surface area contributed by atoms with Crippen LogP contribution in [0.15, 0.2) is 18.2 Å². The molecule has 0 amide bonds. The Balaban J connectivity index is 2.08. The van der Waals surface area contributed by atoms with Gasteiger partial charge in [0.15, 0.2) is 11.6 Å². The lowest BCUT2D eigenvalue weighted by Gasteiger charge is -2.17. The van der Waals surface area contributed by atoms with E-state index >= 15 is 0 Å². The van der Waals surface area contributed by atoms with E-state index in [9.17, 15) is 4.39 Å². The van der Waals surface area contributed by atoms with Crippen LogP contribution in [0.1, 0.15) is 37.7 Å². The maximum atomic E-state index is 14.1. The fraction of sp³-hybridized carbons (Fsp3) is 0.600. The Morgan fingerprint density at radius 3 is 2.89 bits per heavy atom. The van der Waals surface area contributed by atoms with Crippen molar-refractivity contribution in [2.45, 2.75) is 43.9 Å². The normalized spacial score (nSPS) is 24.6. The third-order valence-corrected chi connectivity index (χ3v) is 4.14. The van der Waals surface area contributed by atoms with Gasteiger partial charge in [-0.2, -0.15) is 0 Å². The van der Waals surface area contributed by atoms with Crippen molar-refractivity contribution in [1.29, 1.82) is 0 Å². The zero-order valence-corrected chi connectivity index (χ0v) is 11.5. The van der Waals surface area contributed by atoms with Gasteiger partial charge in [-0.3, -0.25) is 0 Å². The van der Waals surface area contributed by atoms with Crippen LogP contribution < -0.4 is 4.74 Å². The Hall–Kier alpha value is -0.760. The van der Waals surface area contributed by atoms with Crippen LogP contribution >= 0.6 is 11.6 Å². The molecule has 1 nitrogen and oxygen atoms in total. The lowest BCUT2D eigenvalue weighted by molar-refractivity contribution is 0.379. The van der Waals surface area contributed by atoms with Gasteiger partial charge in [-0.25, -0.2) is 4.39 Å². The van der Waals surface area contributed by atoms with Crippen molar-refractivity contribution >= 4 is 11.6 Å². The minimum Gasteiger partial charge on any atom is -0.494 e. The summed E-state index contributed by atoms with van der Waals surface area (Å²) in [5, 5.41) is 0.256. The zero-order valence-electron chi connectivity index (χ0n) is 10.8. The Morgan fingerprint density at radius 1 is 1.33 bits per heavy atom. The molecule has 1 aliphatic carbocycles. The van der Waals surface area contributed by atoms with Gasteiger partial charge >= 0.3 is 0 Å². The first kappa shape index (κ1) is 13.7. The van der Waals surface area contributed by atoms with E-state index in [0.717, 1.165) is 31.2 Å². The van der Waals surface area contributed by atoms with Gasteiger partial charge in [0.25, 0.3) is 0 Å². The van der Waals surface area contributed by atoms with Crippen LogP contribution in [0.3, 0.4) is 0 Å². The minimum atomic E-state index is -0.213. The van der Waals surface area contributed by atoms with Crippen molar-refractivity contribution in [2.75, 3.05) is 7.11 Å². The maximum Gasteiger partial charge on any atom is 0.168 e. The fourth-order valence-electron chi connectivity index (χ4n) is 2.76. The first-order valence-corrected chi connectivity index (χ1v) is 7.09. The lowest BCUT2D eigenvalue weighted by atomic mass is 9.92. The van der Waals surface area contributed by atoms with E-state index in [-0.39, 0.29) is 11.2 Å². The van der Waals surface area contributed by atoms with Crippen LogP contribution in [0.4, 0.5) is 4.39 Å². The molecule has 0 spiro atoms. The summed E-state index contributed by atoms with van der Waals surface area (Å²) in [6.45, 7) is 0. The predicted molar refractivity (Wildman–Crippen MR) is 72.9 cm³/mol. The van der Waals surface area contributed by atoms with E-state index in [1.807, 2.05) is 12.1 Å². The second-order valence-corrected chi connectivity index (χ2v) is 5.74. The molecule has 1 fully saturated rings. The molecule has 0 aliphatic heterocycles. The first-order valence-electron chi connectivity index (χ1n) is 6.66. The molecule has 1 saturated carbocycles. The molecule has 100 valence electrons. The first-order chi connectivity index (χ1) is 8.70. The molecule has 0 saturated heterocycles. The lowest BCUT2D eigenvalue weighted by Crippen LogP contribution is -2.10. The molecule has 1 aliphatic rings. The Morgan fingerprint density at radius 2 is 2.11 bits per heavy atom. The molecule has 3 heteroatoms. The molecule has 2 rings (SSSR count). The molecule has 0 radical (unpaired) electrons. The molecule has 2 unspecified atom stereocenters. The summed E-state index contributed by atoms with van der Waals surface area (Å²) in [5.41, 5.74) is 0.755. The second kappa shape index (κ2) is 6.42. The highest BCUT2D eigenvalue weighted by Crippen LogP contribution is 2.31. The third-order valence-electron chi connectivity index (χ3n) is 3.74. The summed E-state index contributed by atoms with van der Waals surface area (Å²) in [7, 11) is 1.50. The molecule has 0 N–H and O–H groups in total. The molecule has 18 heavy (non-hydrogen) atoms. The summed E-state index contributed by atoms with van der Waals surface area (Å²) in [6.07, 6.45) is 6.42. The Kier molecular flexibility index (Phi) is 4.87. The van der Waals surface area contributed by atoms with Crippen LogP contribution in [0.25, 0.3) is 0 Å². The molecule has 1 aromatic rings. The molecule has 1 aromatic carbocycles. The average molecular weight is 271 g/mol. The van der Waals surface area contributed by atoms with Crippen molar-refractivity contribution in [1.82, 2.24) is 0 Å². The number of alkyl halides is 1. The molecule has 0 aromatic heterocycles. The van der Waals surface area contributed by atoms with Gasteiger partial charge in [-0.15, -0.1) is 11.6 Å². The van der Waals surface area contributed by atoms with Gasteiger partial charge in [0.1, 0.15) is 0 Å². The molecular formula is C15H20ClFO. The smallest absolute Gasteiger partial charge is 0.168 e. The number of methoxy groups -OCH3 is 1. The summed E-state index contributed by atoms with van der Waals surface area (Å²) in [6, 6.07) is 5.37. The van der Waals surface area contributed by atoms with Gasteiger partial charge in [-0.05, 0) is 36.8 Å². The van der Waals surface area contributed by atoms with Crippen molar-refractivity contribution < 1.29 is 9.13 Å². The summed E-state index contributed by atoms with van der Waals surface area (Å²) in [4.78, 5) is 0. The van der Waals surface area contributed by atoms with Gasteiger partial charge in [0.2, 0.25) is 0 Å². The number of halogens is 2. The quantitative estimate of drug-likeness (QED) is 0.578. The fourth-order valence-corrected chi connectivity index (χ4v) is 3.17. The monoisotopic (exact) mass is 270 g/mol. The van der Waals surface area contributed by atoms with Gasteiger partial charge < -0.3 is 4.74 Å². The average Bonchev–Trinajstić information content (AvgIpc) is 2.56. The van der Waals surface area contributed by atoms with Gasteiger partial charge in [-0.1, -0.05) is 31.4 Å². The molecule has 0 bridgehead atoms. The number of hydrogen-bond donors (Lipinski definition) is 0. The van der Waals surface area contributed by atoms with Crippen LogP contribution in [0.2, 0.25) is 0 Å². The highest BCUT2D eigenvalue weighted by molar-refractivity contribution is 6.20. The van der Waals surface area contributed by atoms with E-state index in [1.165, 1.54) is 20.0 Å². The van der Waals surface area contributed by atoms with E-state index in [2.05, 4.69) is 0 Å². The van der Waals surface area contributed by atoms with E-state index in [4.69, 9.17) is 16.3 Å². The second-order valence-electron chi connectivity index (χ2n) is 5.12. The van der Waals surface area contributed by atoms with Crippen molar-refractivity contribution in [3.8, 4) is 5.75 Å². The summed E-state index contributed by atoms with van der Waals surface area (Å²) >= 11 is 6.26. The predicted octanol–water partition coefficient (Wildman–Crippen LogP) is 4.56. The number of rotatable bonds is 3. The largest absolute Gasteiger partial charge is 0.494 e. The Labute approximate surface area is 113 Å². The van der Waals surface area contributed by atoms with E-state index < -0.39 is 0 Å². The molecular weight excluding hydrogens is 251 g/mol. The maximum absolute atomic E-state index is 14.1. The summed E-state index contributed by atoms with van der Waals surface area (Å²) in [5.74, 6) is 0.621. The Bertz CT molecular complexity index is 394. The minimum absolute atomic E-state index is 0.213. The van der Waals surface area contributed by atoms with Crippen LogP contribution in [0.5, 0.6) is 5.75 Å². The standard InChI is InChI=1S/C15H20ClFO/c1-18-14-8-4-6-12(15(14)17)9-11-5-2-3-7-13(16)10-11/h4,6,8,11,13H,2-3,5,7,9-10H2,1H3. The molecule has 2 atom stereocenters. The van der Waals surface area contributed by atoms with Crippen molar-refractivity contribution in [3.05, 3.63) is 29.6 Å². The van der Waals surface area contributed by atoms with Crippen LogP contribution in [-0.4, -0.2) is 12.5 Å². The van der Waals surface area contributed by atoms with E-state index in [1.54, 1.807) is 6.07 Å². The van der Waals surface area contributed by atoms with Gasteiger partial charge in [0.05, 0.1) is 7.11 Å². The zero-order chi connectivity index (χ0) is 13.0. The van der Waals surface area contributed by atoms with Crippen molar-refractivity contribution in [2.24, 2.45) is 5.92 Å². The SMILES string of the molecule is COc1cccc(CC2CCCCC(Cl)C2)c1F. The topological polar surface area (TPSA) is 9.23 Å². The van der Waals surface area contributed by atoms with Gasteiger partial charge in [0, 0.05) is 5.38 Å². The highest BCUT2D eigenvalue weighted by Gasteiger charge is 2.20. The number of ether oxygens (including phenoxy) is 1. The highest BCUT2D eigenvalue weighted by atomic mass is 35.5. The van der Waals surface area contributed by atoms with Crippen LogP contribution in [0, 0.1) is 11.7 Å². The summed E-state index contributed by atoms with van der Waals surface area (Å²) < 4.78 is 19.1. The number of benzene rings is 1. The van der Waals surface area contributed by atoms with Crippen LogP contribution in [-0.2, 0) is 6.42 Å².